The van der Waals surface area contributed by atoms with E-state index >= 15 is 0 Å². The molecule has 1 atom stereocenters. The first-order chi connectivity index (χ1) is 16.2. The van der Waals surface area contributed by atoms with E-state index in [1.807, 2.05) is 19.2 Å². The van der Waals surface area contributed by atoms with Crippen LogP contribution in [0.4, 0.5) is 5.82 Å². The Bertz CT molecular complexity index is 1260. The van der Waals surface area contributed by atoms with Gasteiger partial charge in [0.2, 0.25) is 10.0 Å². The number of hydrogen-bond donors (Lipinski definition) is 1. The predicted molar refractivity (Wildman–Crippen MR) is 130 cm³/mol. The van der Waals surface area contributed by atoms with E-state index in [-0.39, 0.29) is 11.7 Å². The molecule has 1 aliphatic carbocycles. The zero-order chi connectivity index (χ0) is 24.1. The smallest absolute Gasteiger partial charge is 0.282 e. The molecule has 0 bridgehead atoms. The maximum atomic E-state index is 13.6. The van der Waals surface area contributed by atoms with Gasteiger partial charge >= 0.3 is 0 Å². The molecule has 1 N–H and O–H groups in total. The number of aromatic nitrogens is 3. The van der Waals surface area contributed by atoms with E-state index in [0.717, 1.165) is 29.7 Å². The first kappa shape index (κ1) is 23.9. The maximum absolute atomic E-state index is 13.6. The third kappa shape index (κ3) is 4.21. The molecule has 2 aliphatic heterocycles. The summed E-state index contributed by atoms with van der Waals surface area (Å²) in [6.45, 7) is 4.58. The van der Waals surface area contributed by atoms with Crippen molar-refractivity contribution < 1.29 is 16.8 Å². The van der Waals surface area contributed by atoms with E-state index < -0.39 is 25.8 Å². The van der Waals surface area contributed by atoms with Crippen LogP contribution in [0.25, 0.3) is 11.0 Å². The second kappa shape index (κ2) is 8.70. The molecule has 13 heteroatoms. The van der Waals surface area contributed by atoms with Gasteiger partial charge in [-0.05, 0) is 37.7 Å². The van der Waals surface area contributed by atoms with E-state index in [2.05, 4.69) is 19.9 Å². The van der Waals surface area contributed by atoms with Crippen molar-refractivity contribution in [3.8, 4) is 0 Å². The van der Waals surface area contributed by atoms with Crippen molar-refractivity contribution in [2.75, 3.05) is 57.0 Å². The summed E-state index contributed by atoms with van der Waals surface area (Å²) in [6.07, 6.45) is 6.28. The van der Waals surface area contributed by atoms with Crippen molar-refractivity contribution in [1.29, 1.82) is 0 Å². The number of sulfonamides is 1. The highest BCUT2D eigenvalue weighted by atomic mass is 32.2. The zero-order valence-corrected chi connectivity index (χ0v) is 21.4. The Labute approximate surface area is 201 Å². The fourth-order valence-corrected chi connectivity index (χ4v) is 8.75. The topological polar surface area (TPSA) is 123 Å². The summed E-state index contributed by atoms with van der Waals surface area (Å²) in [5.41, 5.74) is 0.363. The molecule has 188 valence electrons. The lowest BCUT2D eigenvalue weighted by Gasteiger charge is -2.43. The van der Waals surface area contributed by atoms with E-state index in [4.69, 9.17) is 0 Å². The number of fused-ring (bicyclic) bond motifs is 1. The second-order valence-corrected chi connectivity index (χ2v) is 13.8. The van der Waals surface area contributed by atoms with Gasteiger partial charge in [-0.1, -0.05) is 6.92 Å². The average molecular weight is 512 g/mol. The van der Waals surface area contributed by atoms with Gasteiger partial charge in [-0.3, -0.25) is 0 Å². The highest BCUT2D eigenvalue weighted by Gasteiger charge is 2.57. The molecular formula is C21H33N7O4S2. The van der Waals surface area contributed by atoms with Crippen LogP contribution in [0.5, 0.6) is 0 Å². The average Bonchev–Trinajstić information content (AvgIpc) is 3.18. The summed E-state index contributed by atoms with van der Waals surface area (Å²) >= 11 is 0. The third-order valence-electron chi connectivity index (χ3n) is 7.34. The monoisotopic (exact) mass is 511 g/mol. The summed E-state index contributed by atoms with van der Waals surface area (Å²) in [5.74, 6) is 0.982. The van der Waals surface area contributed by atoms with Crippen molar-refractivity contribution in [1.82, 2.24) is 27.9 Å². The summed E-state index contributed by atoms with van der Waals surface area (Å²) < 4.78 is 56.6. The molecule has 1 unspecified atom stereocenters. The molecule has 0 amide bonds. The SMILES string of the molecule is CCCS(=O)(=O)N1CCC(CN(C)S(=O)(=O)N2CCN(c3ncnc4[nH]ccc34)CC23CC3)C1. The lowest BCUT2D eigenvalue weighted by Crippen LogP contribution is -2.60. The molecule has 3 aliphatic rings. The molecule has 11 nitrogen and oxygen atoms in total. The predicted octanol–water partition coefficient (Wildman–Crippen LogP) is 0.851. The van der Waals surface area contributed by atoms with Crippen LogP contribution < -0.4 is 4.90 Å². The molecule has 4 heterocycles. The number of rotatable bonds is 8. The Balaban J connectivity index is 1.26. The third-order valence-corrected chi connectivity index (χ3v) is 11.4. The summed E-state index contributed by atoms with van der Waals surface area (Å²) in [5, 5.41) is 0.940. The van der Waals surface area contributed by atoms with Crippen LogP contribution in [0.3, 0.4) is 0 Å². The largest absolute Gasteiger partial charge is 0.353 e. The van der Waals surface area contributed by atoms with Gasteiger partial charge in [0.25, 0.3) is 10.2 Å². The van der Waals surface area contributed by atoms with Gasteiger partial charge in [0.15, 0.2) is 0 Å². The molecule has 5 rings (SSSR count). The summed E-state index contributed by atoms with van der Waals surface area (Å²) in [4.78, 5) is 14.0. The Morgan fingerprint density at radius 2 is 1.97 bits per heavy atom. The molecule has 34 heavy (non-hydrogen) atoms. The van der Waals surface area contributed by atoms with Gasteiger partial charge in [-0.15, -0.1) is 0 Å². The number of aromatic amines is 1. The summed E-state index contributed by atoms with van der Waals surface area (Å²) in [6, 6.07) is 1.95. The Kier molecular flexibility index (Phi) is 6.12. The molecular weight excluding hydrogens is 478 g/mol. The second-order valence-electron chi connectivity index (χ2n) is 9.77. The van der Waals surface area contributed by atoms with Crippen molar-refractivity contribution in [2.24, 2.45) is 5.92 Å². The number of nitrogens with zero attached hydrogens (tertiary/aromatic N) is 6. The normalized spacial score (nSPS) is 24.0. The van der Waals surface area contributed by atoms with Crippen LogP contribution in [0.15, 0.2) is 18.6 Å². The highest BCUT2D eigenvalue weighted by Crippen LogP contribution is 2.47. The number of piperazine rings is 1. The fraction of sp³-hybridized carbons (Fsp3) is 0.714. The zero-order valence-electron chi connectivity index (χ0n) is 19.7. The van der Waals surface area contributed by atoms with E-state index in [9.17, 15) is 16.8 Å². The Morgan fingerprint density at radius 1 is 1.18 bits per heavy atom. The number of anilines is 1. The van der Waals surface area contributed by atoms with Gasteiger partial charge in [-0.25, -0.2) is 22.7 Å². The first-order valence-electron chi connectivity index (χ1n) is 11.9. The van der Waals surface area contributed by atoms with Gasteiger partial charge in [0.05, 0.1) is 16.7 Å². The van der Waals surface area contributed by atoms with E-state index in [1.54, 1.807) is 11.4 Å². The fourth-order valence-electron chi connectivity index (χ4n) is 5.38. The standard InChI is InChI=1S/C21H33N7O4S2/c1-3-12-33(29,30)27-9-5-17(14-27)13-25(2)34(31,32)28-11-10-26(15-21(28)6-7-21)20-18-4-8-22-19(18)23-16-24-20/h4,8,16-17H,3,5-7,9-15H2,1-2H3,(H,22,23,24). The van der Waals surface area contributed by atoms with Crippen LogP contribution in [0.1, 0.15) is 32.6 Å². The van der Waals surface area contributed by atoms with Crippen LogP contribution in [-0.2, 0) is 20.2 Å². The highest BCUT2D eigenvalue weighted by molar-refractivity contribution is 7.89. The Hall–Kier alpha value is -1.80. The van der Waals surface area contributed by atoms with Crippen LogP contribution in [-0.4, -0.2) is 102 Å². The first-order valence-corrected chi connectivity index (χ1v) is 14.9. The lowest BCUT2D eigenvalue weighted by atomic mass is 10.1. The minimum absolute atomic E-state index is 0.00532. The van der Waals surface area contributed by atoms with Gasteiger partial charge in [-0.2, -0.15) is 17.0 Å². The van der Waals surface area contributed by atoms with Crippen molar-refractivity contribution in [3.05, 3.63) is 18.6 Å². The van der Waals surface area contributed by atoms with Crippen LogP contribution >= 0.6 is 0 Å². The summed E-state index contributed by atoms with van der Waals surface area (Å²) in [7, 11) is -5.29. The lowest BCUT2D eigenvalue weighted by molar-refractivity contribution is 0.245. The minimum Gasteiger partial charge on any atom is -0.353 e. The van der Waals surface area contributed by atoms with Gasteiger partial charge in [0.1, 0.15) is 17.8 Å². The van der Waals surface area contributed by atoms with Crippen molar-refractivity contribution in [2.45, 2.75) is 38.1 Å². The molecule has 2 aromatic heterocycles. The quantitative estimate of drug-likeness (QED) is 0.557. The van der Waals surface area contributed by atoms with Gasteiger partial charge < -0.3 is 9.88 Å². The molecule has 0 aromatic carbocycles. The van der Waals surface area contributed by atoms with Crippen LogP contribution in [0, 0.1) is 5.92 Å². The molecule has 2 aromatic rings. The Morgan fingerprint density at radius 3 is 2.71 bits per heavy atom. The number of hydrogen-bond acceptors (Lipinski definition) is 7. The number of nitrogens with one attached hydrogen (secondary N) is 1. The van der Waals surface area contributed by atoms with Crippen molar-refractivity contribution in [3.63, 3.8) is 0 Å². The molecule has 2 saturated heterocycles. The molecule has 0 radical (unpaired) electrons. The van der Waals surface area contributed by atoms with Crippen molar-refractivity contribution >= 4 is 37.1 Å². The maximum Gasteiger partial charge on any atom is 0.282 e. The molecule has 3 fully saturated rings. The van der Waals surface area contributed by atoms with Crippen LogP contribution in [0.2, 0.25) is 0 Å². The van der Waals surface area contributed by atoms with E-state index in [1.165, 1.54) is 14.9 Å². The molecule has 1 saturated carbocycles. The minimum atomic E-state index is -3.66. The number of H-pyrrole nitrogens is 1. The van der Waals surface area contributed by atoms with Gasteiger partial charge in [0, 0.05) is 52.5 Å². The van der Waals surface area contributed by atoms with E-state index in [0.29, 0.717) is 52.1 Å². The molecule has 1 spiro atoms.